The van der Waals surface area contributed by atoms with E-state index in [1.54, 1.807) is 6.92 Å². The van der Waals surface area contributed by atoms with Crippen LogP contribution in [0.25, 0.3) is 0 Å². The van der Waals surface area contributed by atoms with E-state index in [1.807, 2.05) is 20.8 Å². The Morgan fingerprint density at radius 3 is 2.31 bits per heavy atom. The summed E-state index contributed by atoms with van der Waals surface area (Å²) in [6.45, 7) is 8.03. The van der Waals surface area contributed by atoms with Crippen LogP contribution in [0, 0.1) is 11.3 Å². The van der Waals surface area contributed by atoms with Gasteiger partial charge < -0.3 is 9.53 Å². The lowest BCUT2D eigenvalue weighted by atomic mass is 9.85. The van der Waals surface area contributed by atoms with Gasteiger partial charge in [-0.25, -0.2) is 0 Å². The van der Waals surface area contributed by atoms with Crippen LogP contribution in [0.1, 0.15) is 34.1 Å². The molecule has 0 aliphatic carbocycles. The van der Waals surface area contributed by atoms with Crippen molar-refractivity contribution in [3.05, 3.63) is 0 Å². The Kier molecular flexibility index (Phi) is 4.67. The Labute approximate surface area is 79.5 Å². The summed E-state index contributed by atoms with van der Waals surface area (Å²) in [5.74, 6) is -1.02. The predicted molar refractivity (Wildman–Crippen MR) is 50.3 cm³/mol. The molecule has 0 saturated heterocycles. The first kappa shape index (κ1) is 12.1. The summed E-state index contributed by atoms with van der Waals surface area (Å²) < 4.78 is 4.77. The van der Waals surface area contributed by atoms with E-state index in [1.165, 1.54) is 0 Å². The maximum absolute atomic E-state index is 11.2. The Bertz CT molecular complexity index is 179. The van der Waals surface area contributed by atoms with Crippen LogP contribution < -0.4 is 0 Å². The van der Waals surface area contributed by atoms with Gasteiger partial charge >= 0.3 is 5.97 Å². The number of esters is 1. The van der Waals surface area contributed by atoms with Crippen LogP contribution in [0.3, 0.4) is 0 Å². The summed E-state index contributed by atoms with van der Waals surface area (Å²) >= 11 is 0. The minimum atomic E-state index is -0.611. The van der Waals surface area contributed by atoms with Crippen molar-refractivity contribution >= 4 is 12.3 Å². The molecule has 0 aromatic carbocycles. The van der Waals surface area contributed by atoms with E-state index in [0.717, 1.165) is 0 Å². The Hall–Kier alpha value is -0.860. The van der Waals surface area contributed by atoms with Crippen LogP contribution in [-0.4, -0.2) is 18.9 Å². The largest absolute Gasteiger partial charge is 0.465 e. The molecule has 0 aliphatic rings. The normalized spacial score (nSPS) is 13.5. The molecule has 0 fully saturated rings. The highest BCUT2D eigenvalue weighted by molar-refractivity contribution is 5.87. The van der Waals surface area contributed by atoms with Gasteiger partial charge in [0.1, 0.15) is 12.2 Å². The molecule has 0 spiro atoms. The smallest absolute Gasteiger partial charge is 0.316 e. The van der Waals surface area contributed by atoms with E-state index in [4.69, 9.17) is 4.74 Å². The highest BCUT2D eigenvalue weighted by Gasteiger charge is 2.25. The average molecular weight is 186 g/mol. The van der Waals surface area contributed by atoms with E-state index in [9.17, 15) is 9.59 Å². The zero-order chi connectivity index (χ0) is 10.5. The second-order valence-corrected chi connectivity index (χ2v) is 4.26. The van der Waals surface area contributed by atoms with Gasteiger partial charge in [0, 0.05) is 0 Å². The maximum Gasteiger partial charge on any atom is 0.316 e. The number of rotatable bonds is 4. The van der Waals surface area contributed by atoms with Crippen LogP contribution in [0.4, 0.5) is 0 Å². The van der Waals surface area contributed by atoms with Gasteiger partial charge in [0.25, 0.3) is 0 Å². The zero-order valence-electron chi connectivity index (χ0n) is 8.79. The molecule has 0 saturated carbocycles. The van der Waals surface area contributed by atoms with E-state index in [2.05, 4.69) is 0 Å². The first-order valence-electron chi connectivity index (χ1n) is 4.52. The SMILES string of the molecule is CCOC(=O)[C@H](C=O)CC(C)(C)C. The summed E-state index contributed by atoms with van der Waals surface area (Å²) in [6.07, 6.45) is 1.21. The summed E-state index contributed by atoms with van der Waals surface area (Å²) in [7, 11) is 0. The van der Waals surface area contributed by atoms with Gasteiger partial charge in [0.15, 0.2) is 0 Å². The van der Waals surface area contributed by atoms with Crippen molar-refractivity contribution in [2.24, 2.45) is 11.3 Å². The molecule has 0 amide bonds. The quantitative estimate of drug-likeness (QED) is 0.382. The standard InChI is InChI=1S/C10H18O3/c1-5-13-9(12)8(7-11)6-10(2,3)4/h7-8H,5-6H2,1-4H3/t8-/m0/s1. The monoisotopic (exact) mass is 186 g/mol. The summed E-state index contributed by atoms with van der Waals surface area (Å²) in [5, 5.41) is 0. The first-order chi connectivity index (χ1) is 5.90. The molecule has 13 heavy (non-hydrogen) atoms. The fraction of sp³-hybridized carbons (Fsp3) is 0.800. The van der Waals surface area contributed by atoms with E-state index < -0.39 is 11.9 Å². The molecule has 76 valence electrons. The number of aldehydes is 1. The third kappa shape index (κ3) is 5.39. The number of hydrogen-bond acceptors (Lipinski definition) is 3. The van der Waals surface area contributed by atoms with Gasteiger partial charge in [-0.1, -0.05) is 20.8 Å². The Morgan fingerprint density at radius 1 is 1.46 bits per heavy atom. The molecule has 0 rings (SSSR count). The molecule has 0 N–H and O–H groups in total. The molecule has 0 heterocycles. The third-order valence-corrected chi connectivity index (χ3v) is 1.59. The van der Waals surface area contributed by atoms with Gasteiger partial charge in [-0.3, -0.25) is 4.79 Å². The van der Waals surface area contributed by atoms with Gasteiger partial charge in [-0.2, -0.15) is 0 Å². The summed E-state index contributed by atoms with van der Waals surface area (Å²) in [5.41, 5.74) is -0.0294. The van der Waals surface area contributed by atoms with Crippen molar-refractivity contribution < 1.29 is 14.3 Å². The maximum atomic E-state index is 11.2. The minimum Gasteiger partial charge on any atom is -0.465 e. The molecule has 3 heteroatoms. The molecule has 0 bridgehead atoms. The summed E-state index contributed by atoms with van der Waals surface area (Å²) in [4.78, 5) is 21.8. The van der Waals surface area contributed by atoms with Crippen LogP contribution >= 0.6 is 0 Å². The van der Waals surface area contributed by atoms with Crippen LogP contribution in [0.15, 0.2) is 0 Å². The number of carbonyl (C=O) groups is 2. The van der Waals surface area contributed by atoms with Crippen molar-refractivity contribution in [2.45, 2.75) is 34.1 Å². The lowest BCUT2D eigenvalue weighted by Gasteiger charge is -2.20. The van der Waals surface area contributed by atoms with Crippen LogP contribution in [0.2, 0.25) is 0 Å². The topological polar surface area (TPSA) is 43.4 Å². The van der Waals surface area contributed by atoms with Crippen LogP contribution in [-0.2, 0) is 14.3 Å². The fourth-order valence-corrected chi connectivity index (χ4v) is 1.10. The average Bonchev–Trinajstić information content (AvgIpc) is 1.99. The molecular formula is C10H18O3. The first-order valence-corrected chi connectivity index (χ1v) is 4.52. The van der Waals surface area contributed by atoms with E-state index in [0.29, 0.717) is 19.3 Å². The van der Waals surface area contributed by atoms with Crippen LogP contribution in [0.5, 0.6) is 0 Å². The second kappa shape index (κ2) is 5.00. The third-order valence-electron chi connectivity index (χ3n) is 1.59. The fourth-order valence-electron chi connectivity index (χ4n) is 1.10. The highest BCUT2D eigenvalue weighted by atomic mass is 16.5. The summed E-state index contributed by atoms with van der Waals surface area (Å²) in [6, 6.07) is 0. The Morgan fingerprint density at radius 2 is 2.00 bits per heavy atom. The molecule has 0 aliphatic heterocycles. The zero-order valence-corrected chi connectivity index (χ0v) is 8.79. The van der Waals surface area contributed by atoms with Crippen molar-refractivity contribution in [1.29, 1.82) is 0 Å². The van der Waals surface area contributed by atoms with Crippen molar-refractivity contribution in [3.63, 3.8) is 0 Å². The van der Waals surface area contributed by atoms with E-state index >= 15 is 0 Å². The van der Waals surface area contributed by atoms with Crippen molar-refractivity contribution in [2.75, 3.05) is 6.61 Å². The van der Waals surface area contributed by atoms with E-state index in [-0.39, 0.29) is 5.41 Å². The molecule has 0 unspecified atom stereocenters. The van der Waals surface area contributed by atoms with Gasteiger partial charge in [0.2, 0.25) is 0 Å². The predicted octanol–water partition coefficient (Wildman–Crippen LogP) is 1.80. The highest BCUT2D eigenvalue weighted by Crippen LogP contribution is 2.23. The lowest BCUT2D eigenvalue weighted by Crippen LogP contribution is -2.24. The molecule has 0 aromatic heterocycles. The lowest BCUT2D eigenvalue weighted by molar-refractivity contribution is -0.150. The molecule has 0 radical (unpaired) electrons. The molecule has 0 aromatic rings. The van der Waals surface area contributed by atoms with Gasteiger partial charge in [-0.05, 0) is 18.8 Å². The number of hydrogen-bond donors (Lipinski definition) is 0. The van der Waals surface area contributed by atoms with Gasteiger partial charge in [0.05, 0.1) is 6.61 Å². The molecule has 3 nitrogen and oxygen atoms in total. The minimum absolute atomic E-state index is 0.0294. The number of carbonyl (C=O) groups excluding carboxylic acids is 2. The van der Waals surface area contributed by atoms with Gasteiger partial charge in [-0.15, -0.1) is 0 Å². The Balaban J connectivity index is 4.18. The number of ether oxygens (including phenoxy) is 1. The van der Waals surface area contributed by atoms with Crippen molar-refractivity contribution in [1.82, 2.24) is 0 Å². The molecular weight excluding hydrogens is 168 g/mol. The molecule has 1 atom stereocenters. The second-order valence-electron chi connectivity index (χ2n) is 4.26. The van der Waals surface area contributed by atoms with Crippen molar-refractivity contribution in [3.8, 4) is 0 Å².